The average Bonchev–Trinajstić information content (AvgIpc) is 3.25. The molecule has 4 aromatic rings. The summed E-state index contributed by atoms with van der Waals surface area (Å²) in [5.41, 5.74) is 2.25. The molecule has 0 aliphatic heterocycles. The highest BCUT2D eigenvalue weighted by Gasteiger charge is 2.17. The number of aromatic amines is 1. The van der Waals surface area contributed by atoms with Gasteiger partial charge in [-0.05, 0) is 18.2 Å². The third-order valence-electron chi connectivity index (χ3n) is 4.14. The first-order chi connectivity index (χ1) is 12.7. The quantitative estimate of drug-likeness (QED) is 0.597. The molecular weight excluding hydrogens is 337 g/mol. The van der Waals surface area contributed by atoms with Gasteiger partial charge in [0, 0.05) is 36.3 Å². The third kappa shape index (κ3) is 2.80. The highest BCUT2D eigenvalue weighted by Crippen LogP contribution is 2.29. The number of ether oxygens (including phenoxy) is 1. The molecule has 132 valence electrons. The van der Waals surface area contributed by atoms with Gasteiger partial charge in [0.05, 0.1) is 31.1 Å². The maximum atomic E-state index is 13.7. The molecule has 0 radical (unpaired) electrons. The summed E-state index contributed by atoms with van der Waals surface area (Å²) in [6, 6.07) is 6.15. The van der Waals surface area contributed by atoms with E-state index in [4.69, 9.17) is 4.74 Å². The van der Waals surface area contributed by atoms with E-state index in [1.165, 1.54) is 18.5 Å². The predicted octanol–water partition coefficient (Wildman–Crippen LogP) is 2.36. The summed E-state index contributed by atoms with van der Waals surface area (Å²) in [5.74, 6) is -0.358. The molecule has 0 spiro atoms. The zero-order valence-corrected chi connectivity index (χ0v) is 14.0. The first-order valence-corrected chi connectivity index (χ1v) is 8.04. The fourth-order valence-electron chi connectivity index (χ4n) is 2.92. The van der Waals surface area contributed by atoms with Crippen molar-refractivity contribution in [3.63, 3.8) is 0 Å². The van der Waals surface area contributed by atoms with Crippen LogP contribution in [-0.4, -0.2) is 38.0 Å². The highest BCUT2D eigenvalue weighted by molar-refractivity contribution is 5.94. The largest absolute Gasteiger partial charge is 0.383 e. The minimum atomic E-state index is -0.358. The number of benzene rings is 1. The smallest absolute Gasteiger partial charge is 0.260 e. The van der Waals surface area contributed by atoms with Crippen molar-refractivity contribution in [3.05, 3.63) is 65.4 Å². The van der Waals surface area contributed by atoms with E-state index in [0.29, 0.717) is 35.4 Å². The molecule has 0 saturated carbocycles. The van der Waals surface area contributed by atoms with Crippen LogP contribution in [0.5, 0.6) is 0 Å². The Morgan fingerprint density at radius 2 is 2.19 bits per heavy atom. The van der Waals surface area contributed by atoms with Gasteiger partial charge >= 0.3 is 0 Å². The Morgan fingerprint density at radius 1 is 1.31 bits per heavy atom. The summed E-state index contributed by atoms with van der Waals surface area (Å²) in [4.78, 5) is 19.3. The Morgan fingerprint density at radius 3 is 3.00 bits per heavy atom. The van der Waals surface area contributed by atoms with Crippen molar-refractivity contribution in [1.29, 1.82) is 0 Å². The van der Waals surface area contributed by atoms with E-state index in [0.717, 1.165) is 5.56 Å². The molecule has 0 fully saturated rings. The Balaban J connectivity index is 1.90. The van der Waals surface area contributed by atoms with E-state index in [-0.39, 0.29) is 11.4 Å². The minimum Gasteiger partial charge on any atom is -0.383 e. The van der Waals surface area contributed by atoms with Gasteiger partial charge in [0.25, 0.3) is 5.56 Å². The molecule has 3 aromatic heterocycles. The Hall–Kier alpha value is -3.26. The summed E-state index contributed by atoms with van der Waals surface area (Å²) in [7, 11) is 1.63. The molecule has 4 rings (SSSR count). The minimum absolute atomic E-state index is 0.259. The van der Waals surface area contributed by atoms with Gasteiger partial charge in [-0.3, -0.25) is 9.48 Å². The van der Waals surface area contributed by atoms with E-state index in [1.54, 1.807) is 40.9 Å². The zero-order valence-electron chi connectivity index (χ0n) is 14.0. The van der Waals surface area contributed by atoms with E-state index in [9.17, 15) is 9.18 Å². The van der Waals surface area contributed by atoms with Crippen LogP contribution in [0.3, 0.4) is 0 Å². The van der Waals surface area contributed by atoms with E-state index >= 15 is 0 Å². The van der Waals surface area contributed by atoms with Gasteiger partial charge in [0.15, 0.2) is 5.65 Å². The molecule has 0 bridgehead atoms. The predicted molar refractivity (Wildman–Crippen MR) is 94.7 cm³/mol. The molecular formula is C18H16FN5O2. The van der Waals surface area contributed by atoms with Crippen LogP contribution in [-0.2, 0) is 11.3 Å². The van der Waals surface area contributed by atoms with Crippen molar-refractivity contribution in [2.45, 2.75) is 6.54 Å². The second kappa shape index (κ2) is 6.57. The van der Waals surface area contributed by atoms with Gasteiger partial charge in [-0.1, -0.05) is 6.07 Å². The molecule has 0 atom stereocenters. The van der Waals surface area contributed by atoms with Crippen LogP contribution < -0.4 is 5.56 Å². The van der Waals surface area contributed by atoms with Crippen LogP contribution in [0.15, 0.2) is 54.0 Å². The molecule has 3 heterocycles. The number of H-pyrrole nitrogens is 1. The molecule has 0 aliphatic carbocycles. The molecule has 0 aliphatic rings. The normalized spacial score (nSPS) is 11.3. The lowest BCUT2D eigenvalue weighted by atomic mass is 10.1. The summed E-state index contributed by atoms with van der Waals surface area (Å²) in [5, 5.41) is 4.73. The first kappa shape index (κ1) is 16.2. The number of nitrogens with zero attached hydrogens (tertiary/aromatic N) is 4. The Bertz CT molecular complexity index is 1130. The topological polar surface area (TPSA) is 77.7 Å². The van der Waals surface area contributed by atoms with E-state index in [2.05, 4.69) is 15.1 Å². The maximum absolute atomic E-state index is 13.7. The molecule has 26 heavy (non-hydrogen) atoms. The number of fused-ring (bicyclic) bond motifs is 1. The summed E-state index contributed by atoms with van der Waals surface area (Å²) in [6.07, 6.45) is 6.65. The molecule has 8 heteroatoms. The second-order valence-corrected chi connectivity index (χ2v) is 5.81. The van der Waals surface area contributed by atoms with Gasteiger partial charge in [-0.2, -0.15) is 5.10 Å². The number of methoxy groups -OCH3 is 1. The highest BCUT2D eigenvalue weighted by atomic mass is 19.1. The molecule has 0 unspecified atom stereocenters. The number of halogens is 1. The fourth-order valence-corrected chi connectivity index (χ4v) is 2.92. The van der Waals surface area contributed by atoms with Gasteiger partial charge in [0.2, 0.25) is 0 Å². The SMILES string of the molecule is COCCn1cc(-c2cn(-c3cccc(F)c3)c3nc[nH]c(=O)c23)cn1. The van der Waals surface area contributed by atoms with Crippen LogP contribution in [0.4, 0.5) is 4.39 Å². The van der Waals surface area contributed by atoms with Crippen molar-refractivity contribution >= 4 is 11.0 Å². The van der Waals surface area contributed by atoms with Crippen molar-refractivity contribution in [2.24, 2.45) is 0 Å². The maximum Gasteiger partial charge on any atom is 0.260 e. The third-order valence-corrected chi connectivity index (χ3v) is 4.14. The first-order valence-electron chi connectivity index (χ1n) is 8.04. The van der Waals surface area contributed by atoms with Crippen LogP contribution in [0.2, 0.25) is 0 Å². The van der Waals surface area contributed by atoms with Crippen LogP contribution >= 0.6 is 0 Å². The number of hydrogen-bond acceptors (Lipinski definition) is 4. The molecule has 0 saturated heterocycles. The molecule has 7 nitrogen and oxygen atoms in total. The Kier molecular flexibility index (Phi) is 4.10. The van der Waals surface area contributed by atoms with Gasteiger partial charge < -0.3 is 14.3 Å². The fraction of sp³-hybridized carbons (Fsp3) is 0.167. The standard InChI is InChI=1S/C18H16FN5O2/c1-26-6-5-23-9-12(8-22-23)15-10-24(14-4-2-3-13(19)7-14)17-16(15)18(25)21-11-20-17/h2-4,7-11H,5-6H2,1H3,(H,20,21,25). The molecule has 1 N–H and O–H groups in total. The Labute approximate surface area is 147 Å². The van der Waals surface area contributed by atoms with Gasteiger partial charge in [0.1, 0.15) is 5.82 Å². The van der Waals surface area contributed by atoms with Crippen LogP contribution in [0, 0.1) is 5.82 Å². The van der Waals surface area contributed by atoms with E-state index < -0.39 is 0 Å². The number of hydrogen-bond donors (Lipinski definition) is 1. The monoisotopic (exact) mass is 353 g/mol. The van der Waals surface area contributed by atoms with Gasteiger partial charge in [-0.25, -0.2) is 9.37 Å². The second-order valence-electron chi connectivity index (χ2n) is 5.81. The van der Waals surface area contributed by atoms with Gasteiger partial charge in [-0.15, -0.1) is 0 Å². The summed E-state index contributed by atoms with van der Waals surface area (Å²) in [6.45, 7) is 1.14. The number of aromatic nitrogens is 5. The average molecular weight is 353 g/mol. The van der Waals surface area contributed by atoms with Crippen molar-refractivity contribution in [2.75, 3.05) is 13.7 Å². The number of rotatable bonds is 5. The lowest BCUT2D eigenvalue weighted by Crippen LogP contribution is -2.07. The molecule has 1 aromatic carbocycles. The van der Waals surface area contributed by atoms with Crippen LogP contribution in [0.25, 0.3) is 27.8 Å². The van der Waals surface area contributed by atoms with Crippen molar-refractivity contribution < 1.29 is 9.13 Å². The summed E-state index contributed by atoms with van der Waals surface area (Å²) < 4.78 is 22.2. The zero-order chi connectivity index (χ0) is 18.1. The lowest BCUT2D eigenvalue weighted by molar-refractivity contribution is 0.183. The number of nitrogens with one attached hydrogen (secondary N) is 1. The summed E-state index contributed by atoms with van der Waals surface area (Å²) >= 11 is 0. The van der Waals surface area contributed by atoms with E-state index in [1.807, 2.05) is 6.20 Å². The molecule has 0 amide bonds. The van der Waals surface area contributed by atoms with Crippen LogP contribution in [0.1, 0.15) is 0 Å². The lowest BCUT2D eigenvalue weighted by Gasteiger charge is -2.03. The van der Waals surface area contributed by atoms with Crippen molar-refractivity contribution in [1.82, 2.24) is 24.3 Å². The van der Waals surface area contributed by atoms with Crippen molar-refractivity contribution in [3.8, 4) is 16.8 Å².